The van der Waals surface area contributed by atoms with E-state index in [0.717, 1.165) is 62.6 Å². The summed E-state index contributed by atoms with van der Waals surface area (Å²) < 4.78 is 5.48. The molecular weight excluding hydrogens is 350 g/mol. The van der Waals surface area contributed by atoms with E-state index < -0.39 is 0 Å². The molecule has 5 nitrogen and oxygen atoms in total. The number of nitrogens with zero attached hydrogens (tertiary/aromatic N) is 2. The topological polar surface area (TPSA) is 48.6 Å². The molecule has 28 heavy (non-hydrogen) atoms. The van der Waals surface area contributed by atoms with Gasteiger partial charge in [-0.05, 0) is 43.1 Å². The largest absolute Gasteiger partial charge is 0.378 e. The molecule has 0 radical (unpaired) electrons. The SMILES string of the molecule is O=c1cc(N2CCOCC2)cc(N2C[C@@H]3CC[C@@H](C3)[C@@H]2Cc2ccccc2)[nH]1. The van der Waals surface area contributed by atoms with Crippen LogP contribution in [0.1, 0.15) is 24.8 Å². The van der Waals surface area contributed by atoms with Gasteiger partial charge in [0, 0.05) is 43.5 Å². The van der Waals surface area contributed by atoms with Gasteiger partial charge in [0.15, 0.2) is 0 Å². The van der Waals surface area contributed by atoms with E-state index in [4.69, 9.17) is 4.74 Å². The van der Waals surface area contributed by atoms with Crippen LogP contribution >= 0.6 is 0 Å². The number of H-pyrrole nitrogens is 1. The van der Waals surface area contributed by atoms with E-state index in [1.807, 2.05) is 0 Å². The average Bonchev–Trinajstić information content (AvgIpc) is 3.13. The summed E-state index contributed by atoms with van der Waals surface area (Å²) >= 11 is 0. The van der Waals surface area contributed by atoms with E-state index in [0.29, 0.717) is 6.04 Å². The third-order valence-electron chi connectivity index (χ3n) is 6.77. The van der Waals surface area contributed by atoms with Crippen molar-refractivity contribution in [3.05, 3.63) is 58.4 Å². The maximum atomic E-state index is 12.5. The molecule has 2 aromatic rings. The Morgan fingerprint density at radius 1 is 1.07 bits per heavy atom. The van der Waals surface area contributed by atoms with Crippen LogP contribution in [-0.4, -0.2) is 43.9 Å². The molecule has 3 aliphatic rings. The maximum Gasteiger partial charge on any atom is 0.251 e. The second-order valence-corrected chi connectivity index (χ2v) is 8.54. The predicted octanol–water partition coefficient (Wildman–Crippen LogP) is 3.06. The van der Waals surface area contributed by atoms with Crippen molar-refractivity contribution in [2.45, 2.75) is 31.7 Å². The minimum atomic E-state index is -0.00428. The molecule has 148 valence electrons. The van der Waals surface area contributed by atoms with Gasteiger partial charge in [-0.3, -0.25) is 4.79 Å². The minimum absolute atomic E-state index is 0.00428. The van der Waals surface area contributed by atoms with E-state index in [-0.39, 0.29) is 5.56 Å². The number of hydrogen-bond acceptors (Lipinski definition) is 4. The second kappa shape index (κ2) is 7.63. The third-order valence-corrected chi connectivity index (χ3v) is 6.77. The maximum absolute atomic E-state index is 12.5. The number of aromatic amines is 1. The number of fused-ring (bicyclic) bond motifs is 2. The molecule has 0 amide bonds. The average molecular weight is 380 g/mol. The lowest BCUT2D eigenvalue weighted by Crippen LogP contribution is -2.48. The van der Waals surface area contributed by atoms with Gasteiger partial charge in [-0.15, -0.1) is 0 Å². The summed E-state index contributed by atoms with van der Waals surface area (Å²) in [6.45, 7) is 4.21. The number of benzene rings is 1. The number of nitrogens with one attached hydrogen (secondary N) is 1. The van der Waals surface area contributed by atoms with Crippen molar-refractivity contribution in [3.8, 4) is 0 Å². The molecule has 0 unspecified atom stereocenters. The first-order valence-corrected chi connectivity index (χ1v) is 10.6. The Hall–Kier alpha value is -2.27. The van der Waals surface area contributed by atoms with Crippen LogP contribution < -0.4 is 15.4 Å². The van der Waals surface area contributed by atoms with Crippen molar-refractivity contribution in [1.82, 2.24) is 4.98 Å². The third kappa shape index (κ3) is 3.55. The van der Waals surface area contributed by atoms with Crippen molar-refractivity contribution < 1.29 is 4.74 Å². The Balaban J connectivity index is 1.47. The monoisotopic (exact) mass is 379 g/mol. The lowest BCUT2D eigenvalue weighted by atomic mass is 9.86. The summed E-state index contributed by atoms with van der Waals surface area (Å²) in [7, 11) is 0. The molecule has 1 aliphatic carbocycles. The van der Waals surface area contributed by atoms with Gasteiger partial charge in [-0.2, -0.15) is 0 Å². The first kappa shape index (κ1) is 17.8. The van der Waals surface area contributed by atoms with Crippen molar-refractivity contribution in [2.75, 3.05) is 42.6 Å². The molecule has 3 heterocycles. The van der Waals surface area contributed by atoms with Gasteiger partial charge in [0.05, 0.1) is 13.2 Å². The fraction of sp³-hybridized carbons (Fsp3) is 0.522. The highest BCUT2D eigenvalue weighted by molar-refractivity contribution is 5.56. The van der Waals surface area contributed by atoms with E-state index in [9.17, 15) is 4.79 Å². The van der Waals surface area contributed by atoms with Crippen LogP contribution in [0.3, 0.4) is 0 Å². The first-order chi connectivity index (χ1) is 13.8. The number of anilines is 2. The zero-order chi connectivity index (χ0) is 18.9. The summed E-state index contributed by atoms with van der Waals surface area (Å²) in [6, 6.07) is 15.2. The van der Waals surface area contributed by atoms with E-state index >= 15 is 0 Å². The summed E-state index contributed by atoms with van der Waals surface area (Å²) in [5.74, 6) is 2.47. The van der Waals surface area contributed by atoms with Gasteiger partial charge >= 0.3 is 0 Å². The number of pyridine rings is 1. The van der Waals surface area contributed by atoms with Crippen LogP contribution in [0.25, 0.3) is 0 Å². The van der Waals surface area contributed by atoms with E-state index in [2.05, 4.69) is 51.2 Å². The van der Waals surface area contributed by atoms with Crippen LogP contribution in [0, 0.1) is 11.8 Å². The highest BCUT2D eigenvalue weighted by Gasteiger charge is 2.41. The molecule has 1 saturated carbocycles. The smallest absolute Gasteiger partial charge is 0.251 e. The second-order valence-electron chi connectivity index (χ2n) is 8.54. The molecule has 5 rings (SSSR count). The van der Waals surface area contributed by atoms with E-state index in [1.54, 1.807) is 6.07 Å². The van der Waals surface area contributed by atoms with Gasteiger partial charge in [0.25, 0.3) is 5.56 Å². The summed E-state index contributed by atoms with van der Waals surface area (Å²) in [4.78, 5) is 20.4. The van der Waals surface area contributed by atoms with Crippen molar-refractivity contribution in [1.29, 1.82) is 0 Å². The fourth-order valence-electron chi connectivity index (χ4n) is 5.38. The van der Waals surface area contributed by atoms with Gasteiger partial charge in [0.2, 0.25) is 0 Å². The lowest BCUT2D eigenvalue weighted by molar-refractivity contribution is 0.122. The van der Waals surface area contributed by atoms with Gasteiger partial charge in [0.1, 0.15) is 5.82 Å². The van der Waals surface area contributed by atoms with Gasteiger partial charge in [-0.1, -0.05) is 30.3 Å². The summed E-state index contributed by atoms with van der Waals surface area (Å²) in [5.41, 5.74) is 2.41. The van der Waals surface area contributed by atoms with Crippen LogP contribution in [0.15, 0.2) is 47.3 Å². The van der Waals surface area contributed by atoms with E-state index in [1.165, 1.54) is 24.8 Å². The normalized spacial score (nSPS) is 27.2. The summed E-state index contributed by atoms with van der Waals surface area (Å²) in [5, 5.41) is 0. The molecule has 5 heteroatoms. The van der Waals surface area contributed by atoms with Crippen LogP contribution in [-0.2, 0) is 11.2 Å². The first-order valence-electron chi connectivity index (χ1n) is 10.6. The Morgan fingerprint density at radius 2 is 1.89 bits per heavy atom. The number of ether oxygens (including phenoxy) is 1. The quantitative estimate of drug-likeness (QED) is 0.887. The van der Waals surface area contributed by atoms with Crippen molar-refractivity contribution in [2.24, 2.45) is 11.8 Å². The molecule has 2 aliphatic heterocycles. The molecule has 1 aromatic carbocycles. The molecule has 2 bridgehead atoms. The van der Waals surface area contributed by atoms with Gasteiger partial charge < -0.3 is 19.5 Å². The number of hydrogen-bond donors (Lipinski definition) is 1. The van der Waals surface area contributed by atoms with Crippen molar-refractivity contribution in [3.63, 3.8) is 0 Å². The standard InChI is InChI=1S/C23H29N3O2/c27-23-15-20(25-8-10-28-11-9-25)14-22(24-23)26-16-18-6-7-19(12-18)21(26)13-17-4-2-1-3-5-17/h1-5,14-15,18-19,21H,6-13,16H2,(H,24,27)/t18-,19+,21+/m1/s1. The Labute approximate surface area is 166 Å². The molecule has 2 saturated heterocycles. The molecule has 1 N–H and O–H groups in total. The Kier molecular flexibility index (Phi) is 4.85. The number of piperidine rings is 1. The van der Waals surface area contributed by atoms with Crippen LogP contribution in [0.5, 0.6) is 0 Å². The molecule has 3 atom stereocenters. The number of rotatable bonds is 4. The van der Waals surface area contributed by atoms with Gasteiger partial charge in [-0.25, -0.2) is 0 Å². The Bertz CT molecular complexity index is 860. The molecule has 0 spiro atoms. The van der Waals surface area contributed by atoms with Crippen LogP contribution in [0.2, 0.25) is 0 Å². The molecule has 1 aromatic heterocycles. The lowest BCUT2D eigenvalue weighted by Gasteiger charge is -2.42. The minimum Gasteiger partial charge on any atom is -0.378 e. The number of morpholine rings is 1. The highest BCUT2D eigenvalue weighted by atomic mass is 16.5. The van der Waals surface area contributed by atoms with Crippen LogP contribution in [0.4, 0.5) is 11.5 Å². The molecule has 3 fully saturated rings. The predicted molar refractivity (Wildman–Crippen MR) is 112 cm³/mol. The van der Waals surface area contributed by atoms with Crippen molar-refractivity contribution >= 4 is 11.5 Å². The molecular formula is C23H29N3O2. The fourth-order valence-corrected chi connectivity index (χ4v) is 5.38. The zero-order valence-electron chi connectivity index (χ0n) is 16.3. The zero-order valence-corrected chi connectivity index (χ0v) is 16.3. The summed E-state index contributed by atoms with van der Waals surface area (Å²) in [6.07, 6.45) is 5.01. The Morgan fingerprint density at radius 3 is 2.71 bits per heavy atom. The number of aromatic nitrogens is 1. The highest BCUT2D eigenvalue weighted by Crippen LogP contribution is 2.43.